The topological polar surface area (TPSA) is 53.7 Å². The second-order valence-electron chi connectivity index (χ2n) is 4.19. The highest BCUT2D eigenvalue weighted by molar-refractivity contribution is 6.37. The fourth-order valence-corrected chi connectivity index (χ4v) is 1.43. The molecule has 2 N–H and O–H groups in total. The first-order valence-corrected chi connectivity index (χ1v) is 6.37. The summed E-state index contributed by atoms with van der Waals surface area (Å²) in [5.41, 5.74) is 6.18. The largest absolute Gasteiger partial charge is 0.712 e. The molecule has 0 fully saturated rings. The van der Waals surface area contributed by atoms with Gasteiger partial charge in [0, 0.05) is 19.9 Å². The molecule has 0 saturated heterocycles. The summed E-state index contributed by atoms with van der Waals surface area (Å²) < 4.78 is 77.5. The molecule has 4 nitrogen and oxygen atoms in total. The molecule has 0 saturated carbocycles. The van der Waals surface area contributed by atoms with E-state index in [1.165, 1.54) is 0 Å². The monoisotopic (exact) mass is 349 g/mol. The molecule has 0 aliphatic heterocycles. The maximum Gasteiger partial charge on any atom is 0.712 e. The van der Waals surface area contributed by atoms with Crippen LogP contribution in [-0.4, -0.2) is 21.5 Å². The van der Waals surface area contributed by atoms with Crippen LogP contribution in [0.25, 0.3) is 0 Å². The number of anilines is 1. The summed E-state index contributed by atoms with van der Waals surface area (Å²) in [6, 6.07) is 9.49. The zero-order valence-corrected chi connectivity index (χ0v) is 12.7. The molecule has 0 unspecified atom stereocenters. The number of benzene rings is 2. The Bertz CT molecular complexity index is 642. The van der Waals surface area contributed by atoms with Crippen molar-refractivity contribution in [2.45, 2.75) is 0 Å². The Morgan fingerprint density at radius 2 is 1.17 bits per heavy atom. The van der Waals surface area contributed by atoms with E-state index in [-0.39, 0.29) is 0 Å². The summed E-state index contributed by atoms with van der Waals surface area (Å²) in [7, 11) is 0.517. The standard InChI is InChI=1S/C8H6BF5O3.C6H7N/c1-15-9(16-2)17-8-6(13)4(11)3(10)5(12)7(8)14;7-6-4-2-1-3-5-6/h1-2H3;1-5H,7H2. The van der Waals surface area contributed by atoms with Gasteiger partial charge in [0.1, 0.15) is 0 Å². The van der Waals surface area contributed by atoms with Crippen molar-refractivity contribution in [1.82, 2.24) is 0 Å². The summed E-state index contributed by atoms with van der Waals surface area (Å²) in [6.45, 7) is 0. The van der Waals surface area contributed by atoms with Crippen LogP contribution in [0.5, 0.6) is 5.75 Å². The van der Waals surface area contributed by atoms with Gasteiger partial charge >= 0.3 is 7.32 Å². The van der Waals surface area contributed by atoms with Crippen LogP contribution in [0.2, 0.25) is 0 Å². The van der Waals surface area contributed by atoms with Crippen LogP contribution in [-0.2, 0) is 9.31 Å². The Hall–Kier alpha value is -2.33. The van der Waals surface area contributed by atoms with Crippen LogP contribution in [0.3, 0.4) is 0 Å². The van der Waals surface area contributed by atoms with Crippen molar-refractivity contribution in [1.29, 1.82) is 0 Å². The lowest BCUT2D eigenvalue weighted by atomic mass is 10.2. The third-order valence-electron chi connectivity index (χ3n) is 2.57. The molecular weight excluding hydrogens is 336 g/mol. The van der Waals surface area contributed by atoms with E-state index >= 15 is 0 Å². The Labute approximate surface area is 135 Å². The summed E-state index contributed by atoms with van der Waals surface area (Å²) in [4.78, 5) is 0. The second-order valence-corrected chi connectivity index (χ2v) is 4.19. The van der Waals surface area contributed by atoms with Gasteiger partial charge in [-0.15, -0.1) is 0 Å². The lowest BCUT2D eigenvalue weighted by molar-refractivity contribution is 0.192. The van der Waals surface area contributed by atoms with E-state index < -0.39 is 42.2 Å². The highest BCUT2D eigenvalue weighted by atomic mass is 19.2. The minimum Gasteiger partial charge on any atom is -0.507 e. The van der Waals surface area contributed by atoms with Gasteiger partial charge in [-0.2, -0.15) is 8.78 Å². The first kappa shape index (κ1) is 19.7. The molecule has 0 radical (unpaired) electrons. The van der Waals surface area contributed by atoms with Gasteiger partial charge in [0.25, 0.3) is 0 Å². The van der Waals surface area contributed by atoms with Crippen LogP contribution in [0.4, 0.5) is 27.6 Å². The molecule has 0 amide bonds. The van der Waals surface area contributed by atoms with E-state index in [0.29, 0.717) is 0 Å². The summed E-state index contributed by atoms with van der Waals surface area (Å²) >= 11 is 0. The molecule has 2 aromatic rings. The fourth-order valence-electron chi connectivity index (χ4n) is 1.43. The molecule has 130 valence electrons. The molecule has 2 rings (SSSR count). The van der Waals surface area contributed by atoms with Crippen molar-refractivity contribution in [2.24, 2.45) is 0 Å². The quantitative estimate of drug-likeness (QED) is 0.303. The maximum atomic E-state index is 13.1. The summed E-state index contributed by atoms with van der Waals surface area (Å²) in [6.07, 6.45) is 0. The second kappa shape index (κ2) is 9.09. The van der Waals surface area contributed by atoms with Crippen molar-refractivity contribution >= 4 is 13.0 Å². The highest BCUT2D eigenvalue weighted by Crippen LogP contribution is 2.29. The summed E-state index contributed by atoms with van der Waals surface area (Å²) in [5, 5.41) is 0. The van der Waals surface area contributed by atoms with Crippen molar-refractivity contribution in [3.8, 4) is 5.75 Å². The van der Waals surface area contributed by atoms with Crippen LogP contribution >= 0.6 is 0 Å². The molecule has 0 aliphatic rings. The predicted molar refractivity (Wildman–Crippen MR) is 77.5 cm³/mol. The molecule has 0 heterocycles. The van der Waals surface area contributed by atoms with E-state index in [1.54, 1.807) is 0 Å². The lowest BCUT2D eigenvalue weighted by Gasteiger charge is -2.13. The van der Waals surface area contributed by atoms with Gasteiger partial charge in [0.2, 0.25) is 29.1 Å². The number of para-hydroxylation sites is 1. The fraction of sp³-hybridized carbons (Fsp3) is 0.143. The molecular formula is C14H13BF5NO3. The van der Waals surface area contributed by atoms with Crippen LogP contribution < -0.4 is 10.4 Å². The Kier molecular flexibility index (Phi) is 7.47. The van der Waals surface area contributed by atoms with E-state index in [1.807, 2.05) is 30.3 Å². The summed E-state index contributed by atoms with van der Waals surface area (Å²) in [5.74, 6) is -12.1. The SMILES string of the molecule is COB(OC)Oc1c(F)c(F)c(F)c(F)c1F.Nc1ccccc1. The van der Waals surface area contributed by atoms with Gasteiger partial charge in [0.15, 0.2) is 5.75 Å². The van der Waals surface area contributed by atoms with Gasteiger partial charge in [0.05, 0.1) is 0 Å². The van der Waals surface area contributed by atoms with Crippen molar-refractivity contribution < 1.29 is 35.9 Å². The molecule has 0 aliphatic carbocycles. The molecule has 0 spiro atoms. The number of nitrogens with two attached hydrogens (primary N) is 1. The number of hydrogen-bond donors (Lipinski definition) is 1. The third-order valence-corrected chi connectivity index (χ3v) is 2.57. The average molecular weight is 349 g/mol. The molecule has 2 aromatic carbocycles. The molecule has 0 atom stereocenters. The predicted octanol–water partition coefficient (Wildman–Crippen LogP) is 3.31. The van der Waals surface area contributed by atoms with Crippen molar-refractivity contribution in [3.05, 3.63) is 59.4 Å². The van der Waals surface area contributed by atoms with Crippen LogP contribution in [0, 0.1) is 29.1 Å². The van der Waals surface area contributed by atoms with Crippen molar-refractivity contribution in [2.75, 3.05) is 20.0 Å². The minimum atomic E-state index is -2.27. The van der Waals surface area contributed by atoms with Gasteiger partial charge < -0.3 is 19.7 Å². The van der Waals surface area contributed by atoms with Gasteiger partial charge in [-0.25, -0.2) is 13.2 Å². The van der Waals surface area contributed by atoms with Crippen molar-refractivity contribution in [3.63, 3.8) is 0 Å². The molecule has 10 heteroatoms. The third kappa shape index (κ3) is 4.83. The van der Waals surface area contributed by atoms with E-state index in [0.717, 1.165) is 19.9 Å². The van der Waals surface area contributed by atoms with Gasteiger partial charge in [-0.3, -0.25) is 0 Å². The number of rotatable bonds is 4. The van der Waals surface area contributed by atoms with E-state index in [9.17, 15) is 22.0 Å². The van der Waals surface area contributed by atoms with Gasteiger partial charge in [-0.05, 0) is 12.1 Å². The first-order chi connectivity index (χ1) is 11.3. The smallest absolute Gasteiger partial charge is 0.507 e. The zero-order chi connectivity index (χ0) is 18.3. The molecule has 24 heavy (non-hydrogen) atoms. The Morgan fingerprint density at radius 3 is 1.50 bits per heavy atom. The van der Waals surface area contributed by atoms with E-state index in [4.69, 9.17) is 5.73 Å². The maximum absolute atomic E-state index is 13.1. The Balaban J connectivity index is 0.000000341. The van der Waals surface area contributed by atoms with Gasteiger partial charge in [-0.1, -0.05) is 18.2 Å². The lowest BCUT2D eigenvalue weighted by Crippen LogP contribution is -2.28. The minimum absolute atomic E-state index is 0.822. The molecule has 0 aromatic heterocycles. The number of halogens is 5. The highest BCUT2D eigenvalue weighted by Gasteiger charge is 2.31. The normalized spacial score (nSPS) is 9.96. The number of hydrogen-bond acceptors (Lipinski definition) is 4. The number of nitrogen functional groups attached to an aromatic ring is 1. The molecule has 0 bridgehead atoms. The van der Waals surface area contributed by atoms with E-state index in [2.05, 4.69) is 14.0 Å². The van der Waals surface area contributed by atoms with Crippen LogP contribution in [0.1, 0.15) is 0 Å². The van der Waals surface area contributed by atoms with Crippen LogP contribution in [0.15, 0.2) is 30.3 Å². The Morgan fingerprint density at radius 1 is 0.750 bits per heavy atom. The zero-order valence-electron chi connectivity index (χ0n) is 12.7. The average Bonchev–Trinajstić information content (AvgIpc) is 2.60. The first-order valence-electron chi connectivity index (χ1n) is 6.37.